The van der Waals surface area contributed by atoms with Gasteiger partial charge in [0.25, 0.3) is 0 Å². The van der Waals surface area contributed by atoms with Crippen LogP contribution in [0.15, 0.2) is 79.1 Å². The second kappa shape index (κ2) is 8.05. The normalized spacial score (nSPS) is 23.9. The molecule has 1 saturated carbocycles. The fourth-order valence-electron chi connectivity index (χ4n) is 6.59. The van der Waals surface area contributed by atoms with Crippen LogP contribution in [-0.2, 0) is 23.7 Å². The summed E-state index contributed by atoms with van der Waals surface area (Å²) in [5, 5.41) is 5.20. The quantitative estimate of drug-likeness (QED) is 0.387. The number of ketones is 1. The lowest BCUT2D eigenvalue weighted by molar-refractivity contribution is -0.128. The highest BCUT2D eigenvalue weighted by atomic mass is 16.1. The molecule has 0 spiro atoms. The van der Waals surface area contributed by atoms with Crippen LogP contribution in [0.5, 0.6) is 0 Å². The Hall–Kier alpha value is -3.53. The summed E-state index contributed by atoms with van der Waals surface area (Å²) in [6, 6.07) is 23.7. The smallest absolute Gasteiger partial charge is 0.136 e. The number of carbonyl (C=O) groups excluding carboxylic acids is 1. The minimum atomic E-state index is -0.199. The molecule has 3 atom stereocenters. The Morgan fingerprint density at radius 1 is 0.882 bits per heavy atom. The monoisotopic (exact) mass is 447 g/mol. The van der Waals surface area contributed by atoms with Gasteiger partial charge in [-0.25, -0.2) is 0 Å². The first kappa shape index (κ1) is 21.0. The molecule has 6 rings (SSSR count). The highest BCUT2D eigenvalue weighted by Crippen LogP contribution is 2.55. The molecule has 0 saturated heterocycles. The molecule has 170 valence electrons. The maximum Gasteiger partial charge on any atom is 0.136 e. The molecule has 1 fully saturated rings. The summed E-state index contributed by atoms with van der Waals surface area (Å²) in [4.78, 5) is 16.9. The van der Waals surface area contributed by atoms with Gasteiger partial charge >= 0.3 is 0 Å². The van der Waals surface area contributed by atoms with E-state index in [2.05, 4.69) is 78.2 Å². The molecule has 2 aliphatic carbocycles. The molecule has 0 aliphatic heterocycles. The van der Waals surface area contributed by atoms with Crippen molar-refractivity contribution in [3.05, 3.63) is 95.9 Å². The average molecular weight is 448 g/mol. The standard InChI is InChI=1S/C30H29N3O/c1-20-26-13-12-25-28(23-10-8-21(9-11-23)22-15-18-31-19-16-22)33(2)32-29(25)30(26,17-14-27(20)34)24-6-4-3-5-7-24/h3-11,15-16,18-20,26H,12-14,17H2,1-2H3/t20-,26-,30+/m0/s1. The van der Waals surface area contributed by atoms with Crippen LogP contribution in [0.25, 0.3) is 22.4 Å². The SMILES string of the molecule is C[C@@H]1C(=O)CC[C@]2(c3ccccc3)c3nn(C)c(-c4ccc(-c5ccncc5)cc4)c3CC[C@@H]12. The van der Waals surface area contributed by atoms with E-state index in [1.54, 1.807) is 0 Å². The fourth-order valence-corrected chi connectivity index (χ4v) is 6.59. The van der Waals surface area contributed by atoms with Gasteiger partial charge in [-0.2, -0.15) is 5.10 Å². The third kappa shape index (κ3) is 3.08. The molecule has 0 N–H and O–H groups in total. The Labute approximate surface area is 200 Å². The zero-order chi connectivity index (χ0) is 23.3. The minimum absolute atomic E-state index is 0.0622. The molecule has 2 heterocycles. The Morgan fingerprint density at radius 3 is 2.29 bits per heavy atom. The van der Waals surface area contributed by atoms with Gasteiger partial charge in [-0.1, -0.05) is 61.5 Å². The van der Waals surface area contributed by atoms with Crippen molar-refractivity contribution in [3.8, 4) is 22.4 Å². The Bertz CT molecular complexity index is 1340. The molecule has 4 aromatic rings. The van der Waals surface area contributed by atoms with Crippen molar-refractivity contribution >= 4 is 5.78 Å². The number of hydrogen-bond donors (Lipinski definition) is 0. The summed E-state index contributed by atoms with van der Waals surface area (Å²) >= 11 is 0. The van der Waals surface area contributed by atoms with E-state index in [4.69, 9.17) is 5.10 Å². The Morgan fingerprint density at radius 2 is 1.56 bits per heavy atom. The number of aryl methyl sites for hydroxylation is 1. The Balaban J connectivity index is 1.49. The van der Waals surface area contributed by atoms with E-state index in [-0.39, 0.29) is 11.3 Å². The van der Waals surface area contributed by atoms with Gasteiger partial charge in [0, 0.05) is 48.3 Å². The summed E-state index contributed by atoms with van der Waals surface area (Å²) in [5.74, 6) is 0.760. The number of hydrogen-bond acceptors (Lipinski definition) is 3. The molecule has 2 aromatic heterocycles. The van der Waals surface area contributed by atoms with Crippen LogP contribution in [-0.4, -0.2) is 20.5 Å². The molecule has 2 aromatic carbocycles. The molecule has 34 heavy (non-hydrogen) atoms. The number of aromatic nitrogens is 3. The molecular weight excluding hydrogens is 418 g/mol. The number of rotatable bonds is 3. The highest BCUT2D eigenvalue weighted by molar-refractivity contribution is 5.83. The predicted molar refractivity (Wildman–Crippen MR) is 134 cm³/mol. The lowest BCUT2D eigenvalue weighted by atomic mass is 9.53. The van der Waals surface area contributed by atoms with Crippen LogP contribution in [0, 0.1) is 11.8 Å². The van der Waals surface area contributed by atoms with Gasteiger partial charge in [0.2, 0.25) is 0 Å². The number of benzene rings is 2. The van der Waals surface area contributed by atoms with Gasteiger partial charge in [0.05, 0.1) is 11.4 Å². The van der Waals surface area contributed by atoms with Crippen LogP contribution in [0.1, 0.15) is 43.0 Å². The molecule has 0 unspecified atom stereocenters. The van der Waals surface area contributed by atoms with E-state index in [0.717, 1.165) is 19.3 Å². The van der Waals surface area contributed by atoms with Crippen molar-refractivity contribution in [1.82, 2.24) is 14.8 Å². The van der Waals surface area contributed by atoms with Crippen molar-refractivity contribution < 1.29 is 4.79 Å². The van der Waals surface area contributed by atoms with Gasteiger partial charge < -0.3 is 0 Å². The summed E-state index contributed by atoms with van der Waals surface area (Å²) in [5.41, 5.74) is 8.38. The number of pyridine rings is 1. The van der Waals surface area contributed by atoms with E-state index >= 15 is 0 Å². The van der Waals surface area contributed by atoms with Gasteiger partial charge in [-0.15, -0.1) is 0 Å². The molecule has 2 aliphatic rings. The third-order valence-corrected chi connectivity index (χ3v) is 8.24. The fraction of sp³-hybridized carbons (Fsp3) is 0.300. The third-order valence-electron chi connectivity index (χ3n) is 8.24. The molecular formula is C30H29N3O. The zero-order valence-corrected chi connectivity index (χ0v) is 19.7. The topological polar surface area (TPSA) is 47.8 Å². The van der Waals surface area contributed by atoms with Crippen LogP contribution in [0.3, 0.4) is 0 Å². The summed E-state index contributed by atoms with van der Waals surface area (Å²) < 4.78 is 2.07. The second-order valence-corrected chi connectivity index (χ2v) is 9.85. The van der Waals surface area contributed by atoms with Crippen molar-refractivity contribution in [2.75, 3.05) is 0 Å². The summed E-state index contributed by atoms with van der Waals surface area (Å²) in [6.07, 6.45) is 7.10. The summed E-state index contributed by atoms with van der Waals surface area (Å²) in [6.45, 7) is 2.14. The van der Waals surface area contributed by atoms with Crippen LogP contribution in [0.4, 0.5) is 0 Å². The molecule has 4 heteroatoms. The number of Topliss-reactive ketones (excluding diaryl/α,β-unsaturated/α-hetero) is 1. The van der Waals surface area contributed by atoms with Gasteiger partial charge in [-0.3, -0.25) is 14.5 Å². The predicted octanol–water partition coefficient (Wildman–Crippen LogP) is 6.00. The maximum atomic E-state index is 12.7. The molecule has 0 radical (unpaired) electrons. The van der Waals surface area contributed by atoms with Gasteiger partial charge in [0.1, 0.15) is 5.78 Å². The van der Waals surface area contributed by atoms with Gasteiger partial charge in [0.15, 0.2) is 0 Å². The van der Waals surface area contributed by atoms with Crippen LogP contribution in [0.2, 0.25) is 0 Å². The van der Waals surface area contributed by atoms with Crippen molar-refractivity contribution in [1.29, 1.82) is 0 Å². The maximum absolute atomic E-state index is 12.7. The average Bonchev–Trinajstić information content (AvgIpc) is 3.24. The Kier molecular flexibility index (Phi) is 4.98. The van der Waals surface area contributed by atoms with Crippen molar-refractivity contribution in [2.45, 2.75) is 38.0 Å². The molecule has 4 nitrogen and oxygen atoms in total. The molecule has 0 amide bonds. The highest BCUT2D eigenvalue weighted by Gasteiger charge is 2.54. The van der Waals surface area contributed by atoms with E-state index < -0.39 is 0 Å². The number of nitrogens with zero attached hydrogens (tertiary/aromatic N) is 3. The van der Waals surface area contributed by atoms with E-state index in [9.17, 15) is 4.79 Å². The van der Waals surface area contributed by atoms with E-state index in [1.807, 2.05) is 24.5 Å². The lowest BCUT2D eigenvalue weighted by Crippen LogP contribution is -2.49. The van der Waals surface area contributed by atoms with E-state index in [1.165, 1.54) is 39.2 Å². The molecule has 0 bridgehead atoms. The minimum Gasteiger partial charge on any atom is -0.299 e. The first-order chi connectivity index (χ1) is 16.6. The van der Waals surface area contributed by atoms with Crippen molar-refractivity contribution in [2.24, 2.45) is 18.9 Å². The van der Waals surface area contributed by atoms with E-state index in [0.29, 0.717) is 18.1 Å². The summed E-state index contributed by atoms with van der Waals surface area (Å²) in [7, 11) is 2.07. The van der Waals surface area contributed by atoms with Crippen molar-refractivity contribution in [3.63, 3.8) is 0 Å². The zero-order valence-electron chi connectivity index (χ0n) is 19.7. The number of carbonyl (C=O) groups is 1. The van der Waals surface area contributed by atoms with Gasteiger partial charge in [-0.05, 0) is 54.0 Å². The van der Waals surface area contributed by atoms with Crippen LogP contribution >= 0.6 is 0 Å². The number of fused-ring (bicyclic) bond motifs is 3. The lowest BCUT2D eigenvalue weighted by Gasteiger charge is -2.49. The second-order valence-electron chi connectivity index (χ2n) is 9.85. The largest absolute Gasteiger partial charge is 0.299 e. The first-order valence-corrected chi connectivity index (χ1v) is 12.2. The first-order valence-electron chi connectivity index (χ1n) is 12.2. The van der Waals surface area contributed by atoms with Crippen LogP contribution < -0.4 is 0 Å².